The van der Waals surface area contributed by atoms with E-state index in [1.807, 2.05) is 6.07 Å². The van der Waals surface area contributed by atoms with Gasteiger partial charge in [0.05, 0.1) is 7.11 Å². The minimum absolute atomic E-state index is 0.238. The number of halogens is 1. The van der Waals surface area contributed by atoms with E-state index >= 15 is 0 Å². The lowest BCUT2D eigenvalue weighted by Gasteiger charge is -2.15. The summed E-state index contributed by atoms with van der Waals surface area (Å²) < 4.78 is 4.65. The van der Waals surface area contributed by atoms with E-state index in [1.165, 1.54) is 12.7 Å². The van der Waals surface area contributed by atoms with E-state index < -0.39 is 0 Å². The summed E-state index contributed by atoms with van der Waals surface area (Å²) in [6.45, 7) is 2.71. The summed E-state index contributed by atoms with van der Waals surface area (Å²) in [4.78, 5) is 10.9. The second-order valence-corrected chi connectivity index (χ2v) is 5.43. The molecule has 1 aromatic carbocycles. The highest BCUT2D eigenvalue weighted by Crippen LogP contribution is 2.06. The zero-order chi connectivity index (χ0) is 13.4. The molecule has 0 heterocycles. The highest BCUT2D eigenvalue weighted by Gasteiger charge is 2.15. The molecule has 0 aliphatic heterocycles. The minimum Gasteiger partial charge on any atom is -0.468 e. The number of methoxy groups -OCH3 is 1. The first-order chi connectivity index (χ1) is 8.63. The van der Waals surface area contributed by atoms with Crippen LogP contribution in [0.5, 0.6) is 0 Å². The van der Waals surface area contributed by atoms with Gasteiger partial charge in [0.2, 0.25) is 0 Å². The van der Waals surface area contributed by atoms with E-state index in [0.717, 1.165) is 12.8 Å². The molecule has 4 heteroatoms. The molecule has 1 aromatic rings. The standard InChI is InChI=1S/C14H20BrNO2/c1-11(16-10-13(15)14(17)18-2)8-9-12-6-4-3-5-7-12/h3-7,11,13,16H,8-10H2,1-2H3. The monoisotopic (exact) mass is 313 g/mol. The fourth-order valence-electron chi connectivity index (χ4n) is 1.65. The Balaban J connectivity index is 2.22. The van der Waals surface area contributed by atoms with Crippen LogP contribution in [0.15, 0.2) is 30.3 Å². The maximum Gasteiger partial charge on any atom is 0.320 e. The van der Waals surface area contributed by atoms with Crippen molar-refractivity contribution in [3.8, 4) is 0 Å². The SMILES string of the molecule is COC(=O)C(Br)CNC(C)CCc1ccccc1. The molecule has 2 atom stereocenters. The van der Waals surface area contributed by atoms with Crippen molar-refractivity contribution in [1.29, 1.82) is 0 Å². The highest BCUT2D eigenvalue weighted by atomic mass is 79.9. The average Bonchev–Trinajstić information content (AvgIpc) is 2.42. The number of benzene rings is 1. The molecule has 0 amide bonds. The van der Waals surface area contributed by atoms with Gasteiger partial charge in [0.1, 0.15) is 4.83 Å². The number of carbonyl (C=O) groups is 1. The quantitative estimate of drug-likeness (QED) is 0.621. The fraction of sp³-hybridized carbons (Fsp3) is 0.500. The van der Waals surface area contributed by atoms with Crippen molar-refractivity contribution in [3.63, 3.8) is 0 Å². The van der Waals surface area contributed by atoms with Gasteiger partial charge in [-0.3, -0.25) is 4.79 Å². The van der Waals surface area contributed by atoms with Crippen LogP contribution in [-0.2, 0) is 16.0 Å². The summed E-state index contributed by atoms with van der Waals surface area (Å²) in [6, 6.07) is 10.8. The maximum absolute atomic E-state index is 11.2. The Bertz CT molecular complexity index is 356. The van der Waals surface area contributed by atoms with Gasteiger partial charge in [0, 0.05) is 12.6 Å². The van der Waals surface area contributed by atoms with Gasteiger partial charge in [-0.15, -0.1) is 0 Å². The van der Waals surface area contributed by atoms with Crippen molar-refractivity contribution in [3.05, 3.63) is 35.9 Å². The summed E-state index contributed by atoms with van der Waals surface area (Å²) in [6.07, 6.45) is 2.09. The third-order valence-corrected chi connectivity index (χ3v) is 3.51. The van der Waals surface area contributed by atoms with Crippen molar-refractivity contribution < 1.29 is 9.53 Å². The van der Waals surface area contributed by atoms with E-state index in [-0.39, 0.29) is 10.8 Å². The Hall–Kier alpha value is -0.870. The van der Waals surface area contributed by atoms with E-state index in [4.69, 9.17) is 0 Å². The third-order valence-electron chi connectivity index (χ3n) is 2.81. The first kappa shape index (κ1) is 15.2. The Kier molecular flexibility index (Phi) is 6.98. The Morgan fingerprint density at radius 2 is 2.06 bits per heavy atom. The van der Waals surface area contributed by atoms with Gasteiger partial charge in [-0.05, 0) is 25.3 Å². The molecule has 3 nitrogen and oxygen atoms in total. The number of nitrogens with one attached hydrogen (secondary N) is 1. The molecule has 0 bridgehead atoms. The number of hydrogen-bond acceptors (Lipinski definition) is 3. The predicted molar refractivity (Wildman–Crippen MR) is 77.0 cm³/mol. The van der Waals surface area contributed by atoms with E-state index in [0.29, 0.717) is 12.6 Å². The molecule has 0 spiro atoms. The zero-order valence-electron chi connectivity index (χ0n) is 10.9. The van der Waals surface area contributed by atoms with Crippen molar-refractivity contribution in [2.75, 3.05) is 13.7 Å². The average molecular weight is 314 g/mol. The smallest absolute Gasteiger partial charge is 0.320 e. The second kappa shape index (κ2) is 8.27. The van der Waals surface area contributed by atoms with Gasteiger partial charge < -0.3 is 10.1 Å². The van der Waals surface area contributed by atoms with Crippen LogP contribution < -0.4 is 5.32 Å². The largest absolute Gasteiger partial charge is 0.468 e. The molecule has 2 unspecified atom stereocenters. The van der Waals surface area contributed by atoms with E-state index in [1.54, 1.807) is 0 Å². The molecule has 0 aromatic heterocycles. The molecule has 0 fully saturated rings. The van der Waals surface area contributed by atoms with Crippen LogP contribution in [0.25, 0.3) is 0 Å². The molecular formula is C14H20BrNO2. The molecule has 18 heavy (non-hydrogen) atoms. The summed E-state index contributed by atoms with van der Waals surface area (Å²) in [5, 5.41) is 3.32. The lowest BCUT2D eigenvalue weighted by Crippen LogP contribution is -2.35. The molecule has 0 aliphatic carbocycles. The van der Waals surface area contributed by atoms with Crippen molar-refractivity contribution >= 4 is 21.9 Å². The first-order valence-corrected chi connectivity index (χ1v) is 7.04. The van der Waals surface area contributed by atoms with Crippen molar-refractivity contribution in [1.82, 2.24) is 5.32 Å². The predicted octanol–water partition coefficient (Wildman–Crippen LogP) is 2.53. The van der Waals surface area contributed by atoms with Crippen LogP contribution in [0.3, 0.4) is 0 Å². The topological polar surface area (TPSA) is 38.3 Å². The number of ether oxygens (including phenoxy) is 1. The number of rotatable bonds is 7. The Labute approximate surface area is 117 Å². The summed E-state index contributed by atoms with van der Waals surface area (Å²) in [5.74, 6) is -0.238. The number of carbonyl (C=O) groups excluding carboxylic acids is 1. The molecular weight excluding hydrogens is 294 g/mol. The van der Waals surface area contributed by atoms with Crippen LogP contribution in [0.4, 0.5) is 0 Å². The normalized spacial score (nSPS) is 13.9. The van der Waals surface area contributed by atoms with Crippen LogP contribution in [-0.4, -0.2) is 30.5 Å². The first-order valence-electron chi connectivity index (χ1n) is 6.12. The third kappa shape index (κ3) is 5.65. The molecule has 0 aliphatic rings. The lowest BCUT2D eigenvalue weighted by atomic mass is 10.1. The Morgan fingerprint density at radius 3 is 2.67 bits per heavy atom. The summed E-state index contributed by atoms with van der Waals surface area (Å²) in [7, 11) is 1.40. The van der Waals surface area contributed by atoms with Gasteiger partial charge in [-0.2, -0.15) is 0 Å². The summed E-state index contributed by atoms with van der Waals surface area (Å²) >= 11 is 3.29. The van der Waals surface area contributed by atoms with E-state index in [9.17, 15) is 4.79 Å². The van der Waals surface area contributed by atoms with Crippen molar-refractivity contribution in [2.24, 2.45) is 0 Å². The van der Waals surface area contributed by atoms with Gasteiger partial charge in [-0.25, -0.2) is 0 Å². The molecule has 0 saturated heterocycles. The molecule has 1 rings (SSSR count). The van der Waals surface area contributed by atoms with Crippen LogP contribution in [0.1, 0.15) is 18.9 Å². The van der Waals surface area contributed by atoms with Gasteiger partial charge in [0.15, 0.2) is 0 Å². The fourth-order valence-corrected chi connectivity index (χ4v) is 2.02. The summed E-state index contributed by atoms with van der Waals surface area (Å²) in [5.41, 5.74) is 1.34. The second-order valence-electron chi connectivity index (χ2n) is 4.32. The number of esters is 1. The highest BCUT2D eigenvalue weighted by molar-refractivity contribution is 9.10. The number of aryl methyl sites for hydroxylation is 1. The van der Waals surface area contributed by atoms with Crippen LogP contribution in [0, 0.1) is 0 Å². The molecule has 0 saturated carbocycles. The minimum atomic E-state index is -0.276. The van der Waals surface area contributed by atoms with Gasteiger partial charge in [-0.1, -0.05) is 46.3 Å². The number of hydrogen-bond donors (Lipinski definition) is 1. The molecule has 0 radical (unpaired) electrons. The number of alkyl halides is 1. The lowest BCUT2D eigenvalue weighted by molar-refractivity contribution is -0.139. The zero-order valence-corrected chi connectivity index (χ0v) is 12.4. The van der Waals surface area contributed by atoms with Crippen molar-refractivity contribution in [2.45, 2.75) is 30.6 Å². The Morgan fingerprint density at radius 1 is 1.39 bits per heavy atom. The van der Waals surface area contributed by atoms with E-state index in [2.05, 4.69) is 57.2 Å². The molecule has 100 valence electrons. The van der Waals surface area contributed by atoms with Gasteiger partial charge in [0.25, 0.3) is 0 Å². The van der Waals surface area contributed by atoms with Crippen LogP contribution >= 0.6 is 15.9 Å². The maximum atomic E-state index is 11.2. The van der Waals surface area contributed by atoms with Gasteiger partial charge >= 0.3 is 5.97 Å². The van der Waals surface area contributed by atoms with Crippen LogP contribution in [0.2, 0.25) is 0 Å². The molecule has 1 N–H and O–H groups in total.